The van der Waals surface area contributed by atoms with Crippen molar-refractivity contribution in [3.63, 3.8) is 0 Å². The summed E-state index contributed by atoms with van der Waals surface area (Å²) in [6.07, 6.45) is 1.51. The second-order valence-electron chi connectivity index (χ2n) is 4.04. The van der Waals surface area contributed by atoms with Crippen LogP contribution in [0.15, 0.2) is 35.7 Å². The van der Waals surface area contributed by atoms with Crippen LogP contribution in [0.3, 0.4) is 0 Å². The van der Waals surface area contributed by atoms with Gasteiger partial charge in [-0.25, -0.2) is 13.0 Å². The Labute approximate surface area is 125 Å². The fourth-order valence-corrected chi connectivity index (χ4v) is 2.11. The van der Waals surface area contributed by atoms with E-state index in [-0.39, 0.29) is 5.75 Å². The molecule has 0 bridgehead atoms. The van der Waals surface area contributed by atoms with Crippen LogP contribution in [-0.4, -0.2) is 8.76 Å². The van der Waals surface area contributed by atoms with Crippen molar-refractivity contribution in [3.05, 3.63) is 59.7 Å². The van der Waals surface area contributed by atoms with Gasteiger partial charge in [-0.05, 0) is 17.7 Å². The van der Waals surface area contributed by atoms with Gasteiger partial charge in [0.05, 0.1) is 0 Å². The highest BCUT2D eigenvalue weighted by atomic mass is 32.2. The SMILES string of the molecule is C=Cc1ccc(Oc2c(F)c(F)c(S(=O)O)c(F)c2F)cc1. The Balaban J connectivity index is 2.51. The van der Waals surface area contributed by atoms with E-state index in [4.69, 9.17) is 9.29 Å². The molecular formula is C14H8F4O3S. The van der Waals surface area contributed by atoms with Crippen molar-refractivity contribution in [1.29, 1.82) is 0 Å². The van der Waals surface area contributed by atoms with Gasteiger partial charge >= 0.3 is 0 Å². The molecule has 0 aromatic heterocycles. The number of ether oxygens (including phenoxy) is 1. The average Bonchev–Trinajstić information content (AvgIpc) is 2.50. The molecule has 8 heteroatoms. The molecule has 2 aromatic carbocycles. The Morgan fingerprint density at radius 1 is 1.00 bits per heavy atom. The Hall–Kier alpha value is -2.19. The summed E-state index contributed by atoms with van der Waals surface area (Å²) in [5.41, 5.74) is 0.691. The number of benzene rings is 2. The second kappa shape index (κ2) is 6.29. The van der Waals surface area contributed by atoms with E-state index >= 15 is 0 Å². The third kappa shape index (κ3) is 2.88. The van der Waals surface area contributed by atoms with E-state index in [1.807, 2.05) is 0 Å². The lowest BCUT2D eigenvalue weighted by Gasteiger charge is -2.11. The van der Waals surface area contributed by atoms with Gasteiger partial charge in [-0.2, -0.15) is 8.78 Å². The molecule has 1 atom stereocenters. The maximum absolute atomic E-state index is 13.7. The molecule has 3 nitrogen and oxygen atoms in total. The molecule has 2 rings (SSSR count). The summed E-state index contributed by atoms with van der Waals surface area (Å²) in [4.78, 5) is -1.61. The van der Waals surface area contributed by atoms with E-state index in [2.05, 4.69) is 6.58 Å². The number of hydrogen-bond acceptors (Lipinski definition) is 2. The van der Waals surface area contributed by atoms with Gasteiger partial charge in [-0.3, -0.25) is 0 Å². The summed E-state index contributed by atoms with van der Waals surface area (Å²) < 4.78 is 78.8. The molecule has 0 aliphatic rings. The molecule has 0 saturated heterocycles. The van der Waals surface area contributed by atoms with E-state index < -0.39 is 45.0 Å². The van der Waals surface area contributed by atoms with Gasteiger partial charge in [0.15, 0.2) is 22.7 Å². The van der Waals surface area contributed by atoms with Gasteiger partial charge in [0.25, 0.3) is 0 Å². The molecule has 0 heterocycles. The van der Waals surface area contributed by atoms with Gasteiger partial charge < -0.3 is 9.29 Å². The monoisotopic (exact) mass is 332 g/mol. The van der Waals surface area contributed by atoms with Gasteiger partial charge in [0, 0.05) is 0 Å². The predicted molar refractivity (Wildman–Crippen MR) is 71.9 cm³/mol. The lowest BCUT2D eigenvalue weighted by atomic mass is 10.2. The Kier molecular flexibility index (Phi) is 4.62. The smallest absolute Gasteiger partial charge is 0.205 e. The standard InChI is InChI=1S/C14H8F4O3S/c1-2-7-3-5-8(6-4-7)21-13-9(15)11(17)14(22(19)20)12(18)10(13)16/h2-6H,1H2,(H,19,20). The lowest BCUT2D eigenvalue weighted by molar-refractivity contribution is 0.350. The maximum atomic E-state index is 13.7. The summed E-state index contributed by atoms with van der Waals surface area (Å²) in [5, 5.41) is 0. The van der Waals surface area contributed by atoms with Crippen LogP contribution in [0.5, 0.6) is 11.5 Å². The van der Waals surface area contributed by atoms with Crippen molar-refractivity contribution >= 4 is 17.2 Å². The molecule has 0 fully saturated rings. The highest BCUT2D eigenvalue weighted by molar-refractivity contribution is 7.79. The van der Waals surface area contributed by atoms with Gasteiger partial charge in [0.2, 0.25) is 17.4 Å². The van der Waals surface area contributed by atoms with E-state index in [9.17, 15) is 21.8 Å². The third-order valence-corrected chi connectivity index (χ3v) is 3.40. The second-order valence-corrected chi connectivity index (χ2v) is 4.95. The molecule has 116 valence electrons. The minimum Gasteiger partial charge on any atom is -0.451 e. The molecule has 2 aromatic rings. The topological polar surface area (TPSA) is 46.5 Å². The van der Waals surface area contributed by atoms with Crippen LogP contribution in [0.25, 0.3) is 6.08 Å². The first-order chi connectivity index (χ1) is 10.4. The van der Waals surface area contributed by atoms with Gasteiger partial charge in [-0.15, -0.1) is 0 Å². The maximum Gasteiger partial charge on any atom is 0.205 e. The summed E-state index contributed by atoms with van der Waals surface area (Å²) >= 11 is -3.23. The van der Waals surface area contributed by atoms with E-state index in [0.717, 1.165) is 0 Å². The highest BCUT2D eigenvalue weighted by Crippen LogP contribution is 2.34. The van der Waals surface area contributed by atoms with Crippen molar-refractivity contribution in [2.75, 3.05) is 0 Å². The summed E-state index contributed by atoms with van der Waals surface area (Å²) in [6.45, 7) is 3.51. The van der Waals surface area contributed by atoms with Crippen molar-refractivity contribution < 1.29 is 31.1 Å². The molecule has 0 aliphatic carbocycles. The van der Waals surface area contributed by atoms with Crippen molar-refractivity contribution in [1.82, 2.24) is 0 Å². The van der Waals surface area contributed by atoms with Crippen LogP contribution >= 0.6 is 0 Å². The number of halogens is 4. The van der Waals surface area contributed by atoms with Crippen molar-refractivity contribution in [2.24, 2.45) is 0 Å². The average molecular weight is 332 g/mol. The summed E-state index contributed by atoms with van der Waals surface area (Å²) in [5.74, 6) is -9.20. The van der Waals surface area contributed by atoms with E-state index in [1.165, 1.54) is 30.3 Å². The minimum atomic E-state index is -3.23. The van der Waals surface area contributed by atoms with Crippen LogP contribution in [0, 0.1) is 23.3 Å². The van der Waals surface area contributed by atoms with Crippen LogP contribution < -0.4 is 4.74 Å². The Morgan fingerprint density at radius 2 is 1.50 bits per heavy atom. The minimum absolute atomic E-state index is 0.0833. The quantitative estimate of drug-likeness (QED) is 0.517. The van der Waals surface area contributed by atoms with Crippen molar-refractivity contribution in [2.45, 2.75) is 4.90 Å². The van der Waals surface area contributed by atoms with E-state index in [1.54, 1.807) is 0 Å². The van der Waals surface area contributed by atoms with E-state index in [0.29, 0.717) is 5.56 Å². The molecule has 22 heavy (non-hydrogen) atoms. The fourth-order valence-electron chi connectivity index (χ4n) is 1.62. The largest absolute Gasteiger partial charge is 0.451 e. The highest BCUT2D eigenvalue weighted by Gasteiger charge is 2.29. The van der Waals surface area contributed by atoms with Crippen LogP contribution in [0.2, 0.25) is 0 Å². The summed E-state index contributed by atoms with van der Waals surface area (Å²) in [6, 6.07) is 5.62. The first-order valence-electron chi connectivity index (χ1n) is 5.74. The van der Waals surface area contributed by atoms with Crippen LogP contribution in [0.4, 0.5) is 17.6 Å². The molecular weight excluding hydrogens is 324 g/mol. The summed E-state index contributed by atoms with van der Waals surface area (Å²) in [7, 11) is 0. The van der Waals surface area contributed by atoms with Crippen molar-refractivity contribution in [3.8, 4) is 11.5 Å². The first kappa shape index (κ1) is 16.2. The van der Waals surface area contributed by atoms with Gasteiger partial charge in [0.1, 0.15) is 10.6 Å². The Morgan fingerprint density at radius 3 is 1.91 bits per heavy atom. The normalized spacial score (nSPS) is 12.0. The van der Waals surface area contributed by atoms with Gasteiger partial charge in [-0.1, -0.05) is 24.8 Å². The molecule has 0 aliphatic heterocycles. The zero-order chi connectivity index (χ0) is 16.4. The molecule has 0 spiro atoms. The number of hydrogen-bond donors (Lipinski definition) is 1. The zero-order valence-electron chi connectivity index (χ0n) is 10.8. The predicted octanol–water partition coefficient (Wildman–Crippen LogP) is 4.26. The van der Waals surface area contributed by atoms with Crippen LogP contribution in [0.1, 0.15) is 5.56 Å². The molecule has 0 amide bonds. The lowest BCUT2D eigenvalue weighted by Crippen LogP contribution is -2.07. The molecule has 0 saturated carbocycles. The molecule has 1 N–H and O–H groups in total. The molecule has 0 radical (unpaired) electrons. The number of rotatable bonds is 4. The molecule has 1 unspecified atom stereocenters. The Bertz CT molecular complexity index is 731. The fraction of sp³-hybridized carbons (Fsp3) is 0. The first-order valence-corrected chi connectivity index (χ1v) is 6.84. The van der Waals surface area contributed by atoms with Crippen LogP contribution in [-0.2, 0) is 11.1 Å². The zero-order valence-corrected chi connectivity index (χ0v) is 11.6. The third-order valence-electron chi connectivity index (χ3n) is 2.69.